The predicted molar refractivity (Wildman–Crippen MR) is 64.7 cm³/mol. The number of anilines is 1. The minimum Gasteiger partial charge on any atom is -0.289 e. The molecule has 0 aliphatic carbocycles. The van der Waals surface area contributed by atoms with Crippen molar-refractivity contribution in [2.24, 2.45) is 0 Å². The number of hydrogen-bond acceptors (Lipinski definition) is 3. The van der Waals surface area contributed by atoms with Crippen molar-refractivity contribution in [2.75, 3.05) is 11.3 Å². The van der Waals surface area contributed by atoms with E-state index in [2.05, 4.69) is 9.44 Å². The van der Waals surface area contributed by atoms with Gasteiger partial charge in [-0.05, 0) is 24.1 Å². The maximum atomic E-state index is 11.7. The molecule has 2 rings (SSSR count). The van der Waals surface area contributed by atoms with E-state index in [4.69, 9.17) is 16.2 Å². The second-order valence-corrected chi connectivity index (χ2v) is 6.28. The average Bonchev–Trinajstić information content (AvgIpc) is 2.19. The van der Waals surface area contributed by atoms with Gasteiger partial charge in [0.15, 0.2) is 0 Å². The summed E-state index contributed by atoms with van der Waals surface area (Å²) >= 11 is 3.57. The molecule has 1 aromatic rings. The van der Waals surface area contributed by atoms with Crippen molar-refractivity contribution in [3.05, 3.63) is 22.7 Å². The lowest BCUT2D eigenvalue weighted by molar-refractivity contribution is 0.568. The van der Waals surface area contributed by atoms with Crippen LogP contribution in [-0.2, 0) is 27.7 Å². The molecule has 17 heavy (non-hydrogen) atoms. The molecule has 6 nitrogen and oxygen atoms in total. The van der Waals surface area contributed by atoms with E-state index < -0.39 is 21.3 Å². The number of halogens is 1. The lowest BCUT2D eigenvalue weighted by Crippen LogP contribution is -2.31. The van der Waals surface area contributed by atoms with Crippen molar-refractivity contribution in [3.63, 3.8) is 0 Å². The van der Waals surface area contributed by atoms with Gasteiger partial charge in [-0.1, -0.05) is 11.6 Å². The Balaban J connectivity index is 2.57. The molecule has 0 spiro atoms. The highest BCUT2D eigenvalue weighted by atomic mass is 35.5. The maximum Gasteiger partial charge on any atom is 0.259 e. The van der Waals surface area contributed by atoms with Gasteiger partial charge in [-0.2, -0.15) is 0 Å². The lowest BCUT2D eigenvalue weighted by Gasteiger charge is -2.18. The quantitative estimate of drug-likeness (QED) is 0.701. The summed E-state index contributed by atoms with van der Waals surface area (Å²) in [7, 11) is -3.55. The fraction of sp³-hybridized carbons (Fsp3) is 0.250. The Labute approximate surface area is 106 Å². The normalized spacial score (nSPS) is 19.4. The number of hydrogen-bond donors (Lipinski definition) is 3. The van der Waals surface area contributed by atoms with E-state index in [1.54, 1.807) is 0 Å². The number of rotatable bonds is 2. The lowest BCUT2D eigenvalue weighted by atomic mass is 10.1. The van der Waals surface area contributed by atoms with Crippen molar-refractivity contribution in [3.8, 4) is 0 Å². The van der Waals surface area contributed by atoms with E-state index in [9.17, 15) is 12.6 Å². The molecule has 3 N–H and O–H groups in total. The number of nitrogens with one attached hydrogen (secondary N) is 2. The van der Waals surface area contributed by atoms with E-state index >= 15 is 0 Å². The fourth-order valence-electron chi connectivity index (χ4n) is 1.61. The second kappa shape index (κ2) is 4.54. The Hall–Kier alpha value is -0.670. The van der Waals surface area contributed by atoms with Crippen LogP contribution in [0.15, 0.2) is 17.0 Å². The Morgan fingerprint density at radius 3 is 2.82 bits per heavy atom. The zero-order valence-corrected chi connectivity index (χ0v) is 10.8. The van der Waals surface area contributed by atoms with Crippen molar-refractivity contribution in [1.82, 2.24) is 4.72 Å². The summed E-state index contributed by atoms with van der Waals surface area (Å²) in [5.74, 6) is 0. The van der Waals surface area contributed by atoms with Crippen LogP contribution >= 0.6 is 11.6 Å². The van der Waals surface area contributed by atoms with Crippen molar-refractivity contribution in [2.45, 2.75) is 11.3 Å². The summed E-state index contributed by atoms with van der Waals surface area (Å²) < 4.78 is 47.3. The first kappa shape index (κ1) is 12.8. The minimum absolute atomic E-state index is 0.0844. The van der Waals surface area contributed by atoms with Crippen LogP contribution in [-0.4, -0.2) is 23.7 Å². The van der Waals surface area contributed by atoms with Gasteiger partial charge in [0.05, 0.1) is 15.6 Å². The van der Waals surface area contributed by atoms with Gasteiger partial charge < -0.3 is 0 Å². The van der Waals surface area contributed by atoms with Gasteiger partial charge in [0, 0.05) is 6.54 Å². The fourth-order valence-corrected chi connectivity index (χ4v) is 3.56. The number of fused-ring (bicyclic) bond motifs is 1. The molecule has 1 aromatic carbocycles. The molecule has 1 aliphatic heterocycles. The van der Waals surface area contributed by atoms with E-state index in [0.29, 0.717) is 18.5 Å². The molecule has 1 aliphatic rings. The maximum absolute atomic E-state index is 11.7. The third kappa shape index (κ3) is 2.61. The summed E-state index contributed by atoms with van der Waals surface area (Å²) in [6, 6.07) is 2.75. The third-order valence-electron chi connectivity index (χ3n) is 2.32. The van der Waals surface area contributed by atoms with Gasteiger partial charge in [0.25, 0.3) is 11.3 Å². The van der Waals surface area contributed by atoms with Crippen molar-refractivity contribution in [1.29, 1.82) is 0 Å². The van der Waals surface area contributed by atoms with E-state index in [1.165, 1.54) is 12.1 Å². The van der Waals surface area contributed by atoms with Gasteiger partial charge in [-0.3, -0.25) is 9.27 Å². The van der Waals surface area contributed by atoms with Crippen LogP contribution < -0.4 is 9.44 Å². The van der Waals surface area contributed by atoms with Gasteiger partial charge in [-0.25, -0.2) is 17.3 Å². The minimum atomic E-state index is -3.55. The molecule has 0 aromatic heterocycles. The second-order valence-electron chi connectivity index (χ2n) is 3.44. The summed E-state index contributed by atoms with van der Waals surface area (Å²) in [6.07, 6.45) is 0.538. The summed E-state index contributed by atoms with van der Waals surface area (Å²) in [4.78, 5) is 0.0844. The highest BCUT2D eigenvalue weighted by molar-refractivity contribution is 7.89. The van der Waals surface area contributed by atoms with Gasteiger partial charge in [0.2, 0.25) is 10.0 Å². The highest BCUT2D eigenvalue weighted by Crippen LogP contribution is 2.30. The van der Waals surface area contributed by atoms with Crippen LogP contribution in [0.4, 0.5) is 5.69 Å². The molecular weight excluding hydrogens is 288 g/mol. The summed E-state index contributed by atoms with van der Waals surface area (Å²) in [5.41, 5.74) is 0.710. The number of benzene rings is 1. The summed E-state index contributed by atoms with van der Waals surface area (Å²) in [6.45, 7) is 0.324. The van der Waals surface area contributed by atoms with Crippen LogP contribution in [0.5, 0.6) is 0 Å². The van der Waals surface area contributed by atoms with E-state index in [0.717, 1.165) is 0 Å². The topological polar surface area (TPSA) is 95.5 Å². The van der Waals surface area contributed by atoms with Crippen LogP contribution in [0.1, 0.15) is 5.56 Å². The van der Waals surface area contributed by atoms with E-state index in [-0.39, 0.29) is 15.6 Å². The van der Waals surface area contributed by atoms with E-state index in [1.807, 2.05) is 0 Å². The molecule has 1 unspecified atom stereocenters. The predicted octanol–water partition coefficient (Wildman–Crippen LogP) is 0.723. The largest absolute Gasteiger partial charge is 0.289 e. The molecule has 0 saturated carbocycles. The van der Waals surface area contributed by atoms with Crippen molar-refractivity contribution >= 4 is 38.6 Å². The molecule has 94 valence electrons. The zero-order valence-electron chi connectivity index (χ0n) is 8.44. The first-order chi connectivity index (χ1) is 7.90. The molecule has 0 radical (unpaired) electrons. The van der Waals surface area contributed by atoms with Gasteiger partial charge in [-0.15, -0.1) is 0 Å². The Morgan fingerprint density at radius 2 is 2.18 bits per heavy atom. The highest BCUT2D eigenvalue weighted by Gasteiger charge is 2.24. The first-order valence-corrected chi connectivity index (χ1v) is 7.56. The Morgan fingerprint density at radius 1 is 1.47 bits per heavy atom. The molecule has 1 atom stereocenters. The van der Waals surface area contributed by atoms with Crippen LogP contribution in [0.25, 0.3) is 0 Å². The molecule has 0 fully saturated rings. The van der Waals surface area contributed by atoms with Crippen LogP contribution in [0.2, 0.25) is 5.02 Å². The van der Waals surface area contributed by atoms with Gasteiger partial charge in [0.1, 0.15) is 0 Å². The molecule has 1 heterocycles. The molecule has 9 heteroatoms. The molecular formula is C8H9ClN2O4S2. The van der Waals surface area contributed by atoms with Crippen molar-refractivity contribution < 1.29 is 17.2 Å². The van der Waals surface area contributed by atoms with Gasteiger partial charge >= 0.3 is 0 Å². The Kier molecular flexibility index (Phi) is 3.41. The smallest absolute Gasteiger partial charge is 0.259 e. The standard InChI is InChI=1S/C8H9ClN2O4S2/c9-6-3-5-1-2-10-17(14,15)8(5)4-7(6)11-16(12)13/h3-4,10-11H,1-2H2,(H,12,13). The molecule has 0 amide bonds. The zero-order chi connectivity index (χ0) is 12.6. The first-order valence-electron chi connectivity index (χ1n) is 4.60. The SMILES string of the molecule is O=S(O)Nc1cc2c(cc1Cl)CCNS2(=O)=O. The monoisotopic (exact) mass is 296 g/mol. The average molecular weight is 297 g/mol. The number of sulfonamides is 1. The van der Waals surface area contributed by atoms with Crippen LogP contribution in [0.3, 0.4) is 0 Å². The summed E-state index contributed by atoms with van der Waals surface area (Å²) in [5, 5.41) is 0.211. The third-order valence-corrected chi connectivity index (χ3v) is 4.57. The molecule has 0 bridgehead atoms. The Bertz CT molecular complexity index is 587. The van der Waals surface area contributed by atoms with Crippen LogP contribution in [0, 0.1) is 0 Å². The molecule has 0 saturated heterocycles.